The highest BCUT2D eigenvalue weighted by atomic mass is 79.9. The lowest BCUT2D eigenvalue weighted by molar-refractivity contribution is 0.222. The van der Waals surface area contributed by atoms with Crippen molar-refractivity contribution < 1.29 is 8.42 Å². The fourth-order valence-electron chi connectivity index (χ4n) is 1.95. The van der Waals surface area contributed by atoms with Crippen LogP contribution in [0.25, 0.3) is 0 Å². The van der Waals surface area contributed by atoms with Crippen LogP contribution in [0.5, 0.6) is 0 Å². The first-order valence-electron chi connectivity index (χ1n) is 5.55. The fourth-order valence-corrected chi connectivity index (χ4v) is 3.97. The Morgan fingerprint density at radius 2 is 2.07 bits per heavy atom. The molecule has 0 aromatic carbocycles. The molecule has 0 bridgehead atoms. The molecule has 1 aliphatic rings. The van der Waals surface area contributed by atoms with E-state index in [1.165, 1.54) is 19.3 Å². The Kier molecular flexibility index (Phi) is 5.57. The highest BCUT2D eigenvalue weighted by Crippen LogP contribution is 2.12. The highest BCUT2D eigenvalue weighted by molar-refractivity contribution is 9.09. The van der Waals surface area contributed by atoms with Crippen molar-refractivity contribution in [2.24, 2.45) is 0 Å². The van der Waals surface area contributed by atoms with Crippen molar-refractivity contribution in [3.05, 3.63) is 0 Å². The maximum Gasteiger partial charge on any atom is 0.153 e. The molecule has 0 spiro atoms. The maximum absolute atomic E-state index is 11.3. The standard InChI is InChI=1S/C10H20BrNO2S/c1-10-9-15(13,14)8-7-12(10)6-4-2-3-5-11/h10H,2-9H2,1H3. The minimum atomic E-state index is -2.75. The third-order valence-electron chi connectivity index (χ3n) is 2.89. The molecule has 5 heteroatoms. The van der Waals surface area contributed by atoms with Gasteiger partial charge in [0, 0.05) is 17.9 Å². The SMILES string of the molecule is CC1CS(=O)(=O)CCN1CCCCCBr. The number of sulfone groups is 1. The molecular formula is C10H20BrNO2S. The summed E-state index contributed by atoms with van der Waals surface area (Å²) in [4.78, 5) is 2.30. The average Bonchev–Trinajstić information content (AvgIpc) is 2.14. The van der Waals surface area contributed by atoms with Crippen molar-refractivity contribution in [3.63, 3.8) is 0 Å². The van der Waals surface area contributed by atoms with E-state index >= 15 is 0 Å². The zero-order valence-corrected chi connectivity index (χ0v) is 11.7. The quantitative estimate of drug-likeness (QED) is 0.572. The molecule has 0 aromatic rings. The van der Waals surface area contributed by atoms with Gasteiger partial charge in [-0.2, -0.15) is 0 Å². The summed E-state index contributed by atoms with van der Waals surface area (Å²) in [6.07, 6.45) is 3.61. The van der Waals surface area contributed by atoms with E-state index in [1.54, 1.807) is 0 Å². The van der Waals surface area contributed by atoms with Crippen molar-refractivity contribution in [2.75, 3.05) is 29.9 Å². The Balaban J connectivity index is 2.26. The largest absolute Gasteiger partial charge is 0.299 e. The minimum absolute atomic E-state index is 0.202. The maximum atomic E-state index is 11.3. The van der Waals surface area contributed by atoms with Gasteiger partial charge >= 0.3 is 0 Å². The first-order valence-corrected chi connectivity index (χ1v) is 8.50. The topological polar surface area (TPSA) is 37.4 Å². The Bertz CT molecular complexity index is 279. The minimum Gasteiger partial charge on any atom is -0.299 e. The lowest BCUT2D eigenvalue weighted by atomic mass is 10.2. The first kappa shape index (κ1) is 13.5. The van der Waals surface area contributed by atoms with Gasteiger partial charge in [-0.1, -0.05) is 22.4 Å². The van der Waals surface area contributed by atoms with Crippen LogP contribution in [0.1, 0.15) is 26.2 Å². The van der Waals surface area contributed by atoms with Gasteiger partial charge in [0.1, 0.15) is 0 Å². The Hall–Kier alpha value is 0.390. The molecule has 1 aliphatic heterocycles. The molecular weight excluding hydrogens is 278 g/mol. The summed E-state index contributed by atoms with van der Waals surface area (Å²) in [5.41, 5.74) is 0. The Morgan fingerprint density at radius 3 is 2.67 bits per heavy atom. The molecule has 1 rings (SSSR count). The molecule has 3 nitrogen and oxygen atoms in total. The summed E-state index contributed by atoms with van der Waals surface area (Å²) in [6, 6.07) is 0.202. The molecule has 1 fully saturated rings. The van der Waals surface area contributed by atoms with Gasteiger partial charge < -0.3 is 0 Å². The monoisotopic (exact) mass is 297 g/mol. The van der Waals surface area contributed by atoms with E-state index in [9.17, 15) is 8.42 Å². The second-order valence-corrected chi connectivity index (χ2v) is 7.27. The third-order valence-corrected chi connectivity index (χ3v) is 5.24. The smallest absolute Gasteiger partial charge is 0.153 e. The zero-order valence-electron chi connectivity index (χ0n) is 9.28. The van der Waals surface area contributed by atoms with Crippen LogP contribution in [0.3, 0.4) is 0 Å². The number of hydrogen-bond donors (Lipinski definition) is 0. The number of unbranched alkanes of at least 4 members (excludes halogenated alkanes) is 2. The molecule has 1 atom stereocenters. The van der Waals surface area contributed by atoms with Gasteiger partial charge in [-0.05, 0) is 26.3 Å². The third kappa shape index (κ3) is 4.83. The van der Waals surface area contributed by atoms with E-state index in [1.807, 2.05) is 6.92 Å². The Labute approximate surface area is 101 Å². The van der Waals surface area contributed by atoms with Crippen LogP contribution < -0.4 is 0 Å². The summed E-state index contributed by atoms with van der Waals surface area (Å²) < 4.78 is 22.7. The van der Waals surface area contributed by atoms with Crippen molar-refractivity contribution in [3.8, 4) is 0 Å². The molecule has 15 heavy (non-hydrogen) atoms. The van der Waals surface area contributed by atoms with Crippen LogP contribution in [0.4, 0.5) is 0 Å². The van der Waals surface area contributed by atoms with Crippen LogP contribution in [-0.2, 0) is 9.84 Å². The van der Waals surface area contributed by atoms with Gasteiger partial charge in [0.15, 0.2) is 9.84 Å². The summed E-state index contributed by atoms with van der Waals surface area (Å²) in [7, 11) is -2.75. The zero-order chi connectivity index (χ0) is 11.3. The van der Waals surface area contributed by atoms with E-state index in [-0.39, 0.29) is 6.04 Å². The van der Waals surface area contributed by atoms with E-state index in [0.29, 0.717) is 11.5 Å². The average molecular weight is 298 g/mol. The van der Waals surface area contributed by atoms with Crippen LogP contribution in [0.15, 0.2) is 0 Å². The van der Waals surface area contributed by atoms with E-state index in [0.717, 1.165) is 18.4 Å². The number of rotatable bonds is 5. The van der Waals surface area contributed by atoms with Gasteiger partial charge in [-0.15, -0.1) is 0 Å². The van der Waals surface area contributed by atoms with Crippen molar-refractivity contribution in [2.45, 2.75) is 32.2 Å². The van der Waals surface area contributed by atoms with Crippen LogP contribution in [-0.4, -0.2) is 49.3 Å². The molecule has 0 saturated carbocycles. The molecule has 0 aliphatic carbocycles. The molecule has 0 N–H and O–H groups in total. The lowest BCUT2D eigenvalue weighted by Gasteiger charge is -2.32. The molecule has 0 radical (unpaired) electrons. The first-order chi connectivity index (χ1) is 7.05. The normalized spacial score (nSPS) is 26.7. The summed E-state index contributed by atoms with van der Waals surface area (Å²) in [5, 5.41) is 1.07. The van der Waals surface area contributed by atoms with Crippen LogP contribution in [0.2, 0.25) is 0 Å². The predicted octanol–water partition coefficient (Wildman–Crippen LogP) is 1.67. The fraction of sp³-hybridized carbons (Fsp3) is 1.00. The van der Waals surface area contributed by atoms with Gasteiger partial charge in [0.05, 0.1) is 11.5 Å². The number of hydrogen-bond acceptors (Lipinski definition) is 3. The second-order valence-electron chi connectivity index (χ2n) is 4.25. The highest BCUT2D eigenvalue weighted by Gasteiger charge is 2.27. The number of alkyl halides is 1. The van der Waals surface area contributed by atoms with Gasteiger partial charge in [-0.3, -0.25) is 4.90 Å². The van der Waals surface area contributed by atoms with Crippen molar-refractivity contribution >= 4 is 25.8 Å². The van der Waals surface area contributed by atoms with Gasteiger partial charge in [0.25, 0.3) is 0 Å². The van der Waals surface area contributed by atoms with E-state index < -0.39 is 9.84 Å². The molecule has 1 heterocycles. The molecule has 90 valence electrons. The lowest BCUT2D eigenvalue weighted by Crippen LogP contribution is -2.47. The van der Waals surface area contributed by atoms with Gasteiger partial charge in [-0.25, -0.2) is 8.42 Å². The second kappa shape index (κ2) is 6.21. The van der Waals surface area contributed by atoms with Crippen LogP contribution >= 0.6 is 15.9 Å². The molecule has 1 unspecified atom stereocenters. The van der Waals surface area contributed by atoms with E-state index in [4.69, 9.17) is 0 Å². The number of halogens is 1. The Morgan fingerprint density at radius 1 is 1.33 bits per heavy atom. The van der Waals surface area contributed by atoms with Crippen molar-refractivity contribution in [1.29, 1.82) is 0 Å². The summed E-state index contributed by atoms with van der Waals surface area (Å²) in [5.74, 6) is 0.682. The van der Waals surface area contributed by atoms with E-state index in [2.05, 4.69) is 20.8 Å². The number of nitrogens with zero attached hydrogens (tertiary/aromatic N) is 1. The molecule has 1 saturated heterocycles. The van der Waals surface area contributed by atoms with Gasteiger partial charge in [0.2, 0.25) is 0 Å². The van der Waals surface area contributed by atoms with Crippen molar-refractivity contribution in [1.82, 2.24) is 4.90 Å². The predicted molar refractivity (Wildman–Crippen MR) is 67.3 cm³/mol. The van der Waals surface area contributed by atoms with Crippen LogP contribution in [0, 0.1) is 0 Å². The molecule has 0 aromatic heterocycles. The summed E-state index contributed by atoms with van der Waals surface area (Å²) >= 11 is 3.41. The molecule has 0 amide bonds. The summed E-state index contributed by atoms with van der Waals surface area (Å²) in [6.45, 7) is 3.78.